The van der Waals surface area contributed by atoms with Crippen molar-refractivity contribution in [3.8, 4) is 16.9 Å². The van der Waals surface area contributed by atoms with Crippen LogP contribution in [0.1, 0.15) is 23.2 Å². The van der Waals surface area contributed by atoms with E-state index in [0.717, 1.165) is 11.1 Å². The molecule has 4 rings (SSSR count). The van der Waals surface area contributed by atoms with Crippen molar-refractivity contribution in [1.29, 1.82) is 0 Å². The molecule has 0 aromatic heterocycles. The second-order valence-electron chi connectivity index (χ2n) is 8.18. The molecule has 2 N–H and O–H groups in total. The summed E-state index contributed by atoms with van der Waals surface area (Å²) < 4.78 is 35.6. The Balaban J connectivity index is 1.46. The van der Waals surface area contributed by atoms with Crippen LogP contribution in [0.3, 0.4) is 0 Å². The molecule has 0 bridgehead atoms. The number of hydrogen-bond donors (Lipinski definition) is 2. The molecule has 1 saturated heterocycles. The van der Waals surface area contributed by atoms with Crippen LogP contribution in [0.5, 0.6) is 5.75 Å². The fourth-order valence-corrected chi connectivity index (χ4v) is 6.04. The van der Waals surface area contributed by atoms with Gasteiger partial charge in [0.05, 0.1) is 4.90 Å². The van der Waals surface area contributed by atoms with Gasteiger partial charge in [0, 0.05) is 18.8 Å². The summed E-state index contributed by atoms with van der Waals surface area (Å²) in [5.74, 6) is -0.895. The predicted molar refractivity (Wildman–Crippen MR) is 128 cm³/mol. The molecule has 1 heterocycles. The van der Waals surface area contributed by atoms with Crippen molar-refractivity contribution in [2.45, 2.75) is 22.5 Å². The van der Waals surface area contributed by atoms with Crippen LogP contribution in [-0.2, 0) is 19.4 Å². The highest BCUT2D eigenvalue weighted by Crippen LogP contribution is 2.35. The molecular weight excluding hydrogens is 470 g/mol. The van der Waals surface area contributed by atoms with Gasteiger partial charge < -0.3 is 9.47 Å². The molecule has 0 unspecified atom stereocenters. The highest BCUT2D eigenvalue weighted by molar-refractivity contribution is 7.93. The highest BCUT2D eigenvalue weighted by atomic mass is 32.2. The summed E-state index contributed by atoms with van der Waals surface area (Å²) in [6, 6.07) is 22.5. The zero-order chi connectivity index (χ0) is 24.9. The van der Waals surface area contributed by atoms with Gasteiger partial charge in [0.2, 0.25) is 0 Å². The first-order valence-corrected chi connectivity index (χ1v) is 12.5. The number of hydrogen-bond acceptors (Lipinski definition) is 7. The Morgan fingerprint density at radius 2 is 1.57 bits per heavy atom. The molecule has 1 fully saturated rings. The van der Waals surface area contributed by atoms with Crippen molar-refractivity contribution in [3.05, 3.63) is 84.4 Å². The van der Waals surface area contributed by atoms with Gasteiger partial charge in [-0.3, -0.25) is 14.8 Å². The summed E-state index contributed by atoms with van der Waals surface area (Å²) >= 11 is 0. The number of Topliss-reactive ketones (excluding diaryl/α,β-unsaturated/α-hetero) is 1. The lowest BCUT2D eigenvalue weighted by Crippen LogP contribution is -2.54. The van der Waals surface area contributed by atoms with Crippen LogP contribution in [0.25, 0.3) is 11.1 Å². The van der Waals surface area contributed by atoms with Crippen LogP contribution in [-0.4, -0.2) is 49.9 Å². The smallest absolute Gasteiger partial charge is 0.265 e. The molecular formula is C26H25NO7S. The molecule has 9 heteroatoms. The number of hydroxylamine groups is 1. The van der Waals surface area contributed by atoms with Gasteiger partial charge in [0.15, 0.2) is 27.0 Å². The Kier molecular flexibility index (Phi) is 7.30. The Labute approximate surface area is 203 Å². The molecule has 0 aliphatic carbocycles. The van der Waals surface area contributed by atoms with Crippen molar-refractivity contribution in [2.75, 3.05) is 19.8 Å². The summed E-state index contributed by atoms with van der Waals surface area (Å²) in [5, 5.41) is 9.15. The van der Waals surface area contributed by atoms with E-state index in [1.54, 1.807) is 12.1 Å². The minimum absolute atomic E-state index is 0.0729. The molecule has 0 spiro atoms. The molecule has 3 aromatic carbocycles. The van der Waals surface area contributed by atoms with Gasteiger partial charge in [-0.25, -0.2) is 13.9 Å². The number of benzene rings is 3. The van der Waals surface area contributed by atoms with E-state index in [1.807, 2.05) is 42.5 Å². The van der Waals surface area contributed by atoms with E-state index in [0.29, 0.717) is 11.3 Å². The maximum atomic E-state index is 13.3. The molecule has 8 nitrogen and oxygen atoms in total. The average molecular weight is 496 g/mol. The molecule has 1 aliphatic heterocycles. The first-order chi connectivity index (χ1) is 16.9. The zero-order valence-corrected chi connectivity index (χ0v) is 19.7. The fraction of sp³-hybridized carbons (Fsp3) is 0.231. The quantitative estimate of drug-likeness (QED) is 0.279. The standard InChI is InChI=1S/C26H25NO7S/c28-24(21-8-4-7-20(17-21)19-5-2-1-3-6-19)18-34-22-9-11-23(12-10-22)35(31,32)26(25(29)27-30)13-15-33-16-14-26/h1-12,17,30H,13-16,18H2,(H,27,29). The number of rotatable bonds is 8. The third-order valence-electron chi connectivity index (χ3n) is 6.13. The van der Waals surface area contributed by atoms with Crippen LogP contribution in [0, 0.1) is 0 Å². The molecule has 35 heavy (non-hydrogen) atoms. The largest absolute Gasteiger partial charge is 0.485 e. The van der Waals surface area contributed by atoms with E-state index in [2.05, 4.69) is 0 Å². The van der Waals surface area contributed by atoms with Crippen molar-refractivity contribution < 1.29 is 32.7 Å². The number of carbonyl (C=O) groups excluding carboxylic acids is 2. The summed E-state index contributed by atoms with van der Waals surface area (Å²) in [4.78, 5) is 24.9. The molecule has 0 atom stereocenters. The van der Waals surface area contributed by atoms with Gasteiger partial charge in [0.25, 0.3) is 5.91 Å². The topological polar surface area (TPSA) is 119 Å². The Hall–Kier alpha value is -3.53. The predicted octanol–water partition coefficient (Wildman–Crippen LogP) is 3.44. The minimum Gasteiger partial charge on any atom is -0.485 e. The van der Waals surface area contributed by atoms with Crippen LogP contribution < -0.4 is 10.2 Å². The Morgan fingerprint density at radius 3 is 2.23 bits per heavy atom. The summed E-state index contributed by atoms with van der Waals surface area (Å²) in [6.07, 6.45) is -0.146. The van der Waals surface area contributed by atoms with Gasteiger partial charge >= 0.3 is 0 Å². The van der Waals surface area contributed by atoms with E-state index in [1.165, 1.54) is 29.7 Å². The van der Waals surface area contributed by atoms with Crippen LogP contribution in [0.15, 0.2) is 83.8 Å². The first-order valence-electron chi connectivity index (χ1n) is 11.1. The van der Waals surface area contributed by atoms with E-state index in [9.17, 15) is 18.0 Å². The zero-order valence-electron chi connectivity index (χ0n) is 18.8. The highest BCUT2D eigenvalue weighted by Gasteiger charge is 2.52. The van der Waals surface area contributed by atoms with E-state index >= 15 is 0 Å². The Bertz CT molecular complexity index is 1300. The summed E-state index contributed by atoms with van der Waals surface area (Å²) in [6.45, 7) is -0.0542. The number of sulfone groups is 1. The third-order valence-corrected chi connectivity index (χ3v) is 8.64. The lowest BCUT2D eigenvalue weighted by atomic mass is 9.98. The van der Waals surface area contributed by atoms with Crippen molar-refractivity contribution in [1.82, 2.24) is 5.48 Å². The average Bonchev–Trinajstić information content (AvgIpc) is 2.92. The van der Waals surface area contributed by atoms with Crippen LogP contribution in [0.2, 0.25) is 0 Å². The number of nitrogens with one attached hydrogen (secondary N) is 1. The van der Waals surface area contributed by atoms with Gasteiger partial charge in [-0.2, -0.15) is 0 Å². The molecule has 1 amide bonds. The Morgan fingerprint density at radius 1 is 0.914 bits per heavy atom. The summed E-state index contributed by atoms with van der Waals surface area (Å²) in [5.41, 5.74) is 3.91. The lowest BCUT2D eigenvalue weighted by Gasteiger charge is -2.34. The van der Waals surface area contributed by atoms with Gasteiger partial charge in [-0.05, 0) is 54.3 Å². The van der Waals surface area contributed by atoms with E-state index < -0.39 is 20.5 Å². The van der Waals surface area contributed by atoms with Gasteiger partial charge in [0.1, 0.15) is 5.75 Å². The van der Waals surface area contributed by atoms with Gasteiger partial charge in [-0.1, -0.05) is 48.5 Å². The van der Waals surface area contributed by atoms with Crippen molar-refractivity contribution >= 4 is 21.5 Å². The molecule has 3 aromatic rings. The third kappa shape index (κ3) is 4.97. The molecule has 1 aliphatic rings. The number of ether oxygens (including phenoxy) is 2. The van der Waals surface area contributed by atoms with Crippen LogP contribution >= 0.6 is 0 Å². The second-order valence-corrected chi connectivity index (χ2v) is 10.4. The molecule has 0 radical (unpaired) electrons. The van der Waals surface area contributed by atoms with E-state index in [4.69, 9.17) is 14.7 Å². The monoisotopic (exact) mass is 495 g/mol. The maximum Gasteiger partial charge on any atom is 0.265 e. The van der Waals surface area contributed by atoms with Crippen molar-refractivity contribution in [2.24, 2.45) is 0 Å². The first kappa shape index (κ1) is 24.6. The van der Waals surface area contributed by atoms with E-state index in [-0.39, 0.29) is 43.3 Å². The lowest BCUT2D eigenvalue weighted by molar-refractivity contribution is -0.134. The number of amides is 1. The number of carbonyl (C=O) groups is 2. The van der Waals surface area contributed by atoms with Crippen molar-refractivity contribution in [3.63, 3.8) is 0 Å². The molecule has 0 saturated carbocycles. The fourth-order valence-electron chi connectivity index (χ4n) is 4.10. The SMILES string of the molecule is O=C(COc1ccc(S(=O)(=O)C2(C(=O)NO)CCOCC2)cc1)c1cccc(-c2ccccc2)c1. The maximum absolute atomic E-state index is 13.3. The van der Waals surface area contributed by atoms with Gasteiger partial charge in [-0.15, -0.1) is 0 Å². The second kappa shape index (κ2) is 10.4. The minimum atomic E-state index is -4.13. The molecule has 182 valence electrons. The van der Waals surface area contributed by atoms with Crippen LogP contribution in [0.4, 0.5) is 0 Å². The summed E-state index contributed by atoms with van der Waals surface area (Å²) in [7, 11) is -4.13. The number of ketones is 1. The normalized spacial score (nSPS) is 15.2.